The summed E-state index contributed by atoms with van der Waals surface area (Å²) in [5, 5.41) is 39.2. The number of phenols is 1. The fourth-order valence-corrected chi connectivity index (χ4v) is 4.02. The summed E-state index contributed by atoms with van der Waals surface area (Å²) in [5.74, 6) is -0.744. The van der Waals surface area contributed by atoms with Crippen LogP contribution in [0, 0.1) is 0 Å². The Kier molecular flexibility index (Phi) is 11.4. The molecule has 1 heterocycles. The molecular weight excluding hydrogens is 558 g/mol. The maximum absolute atomic E-state index is 11.8. The van der Waals surface area contributed by atoms with E-state index in [4.69, 9.17) is 16.7 Å². The number of nitrogens with zero attached hydrogens (tertiary/aromatic N) is 1. The second-order valence-corrected chi connectivity index (χ2v) is 8.97. The maximum atomic E-state index is 11.8. The number of phenolic OH excluding ortho intramolecular Hbond substituents is 1. The number of hydrogen-bond acceptors (Lipinski definition) is 8. The van der Waals surface area contributed by atoms with E-state index in [0.29, 0.717) is 53.8 Å². The Labute approximate surface area is 221 Å². The molecule has 1 aliphatic heterocycles. The third kappa shape index (κ3) is 9.72. The molecular formula is C23H27BrClN5O6. The number of carbonyl (C=O) groups excluding carboxylic acids is 2. The van der Waals surface area contributed by atoms with Crippen LogP contribution >= 0.6 is 27.5 Å². The molecule has 0 fully saturated rings. The van der Waals surface area contributed by atoms with Crippen LogP contribution in [0.2, 0.25) is 5.02 Å². The molecule has 7 N–H and O–H groups in total. The van der Waals surface area contributed by atoms with E-state index in [1.807, 2.05) is 6.92 Å². The average molecular weight is 585 g/mol. The first-order chi connectivity index (χ1) is 17.1. The first-order valence-electron chi connectivity index (χ1n) is 10.8. The van der Waals surface area contributed by atoms with E-state index in [-0.39, 0.29) is 18.1 Å². The molecule has 2 unspecified atom stereocenters. The number of β-amino-alcohol motifs (C(OH)–C–C–N with tert-alkyl or cyclic N) is 1. The highest BCUT2D eigenvalue weighted by Gasteiger charge is 2.16. The van der Waals surface area contributed by atoms with Gasteiger partial charge in [-0.2, -0.15) is 0 Å². The molecule has 11 nitrogen and oxygen atoms in total. The number of hydrogen-bond donors (Lipinski definition) is 7. The molecule has 3 rings (SSSR count). The van der Waals surface area contributed by atoms with Gasteiger partial charge in [-0.3, -0.25) is 19.4 Å². The molecule has 2 amide bonds. The molecule has 1 aliphatic rings. The Hall–Kier alpha value is -3.35. The Morgan fingerprint density at radius 3 is 2.61 bits per heavy atom. The number of nitrogens with one attached hydrogen (secondary N) is 4. The summed E-state index contributed by atoms with van der Waals surface area (Å²) >= 11 is 9.09. The van der Waals surface area contributed by atoms with E-state index < -0.39 is 18.1 Å². The van der Waals surface area contributed by atoms with Crippen LogP contribution in [0.5, 0.6) is 5.75 Å². The number of anilines is 1. The first kappa shape index (κ1) is 28.9. The Balaban J connectivity index is 0.000000261. The molecule has 0 aliphatic carbocycles. The molecule has 13 heteroatoms. The van der Waals surface area contributed by atoms with Crippen LogP contribution in [0.15, 0.2) is 45.9 Å². The van der Waals surface area contributed by atoms with Crippen molar-refractivity contribution in [2.24, 2.45) is 4.99 Å². The van der Waals surface area contributed by atoms with Crippen LogP contribution < -0.4 is 21.3 Å². The number of aliphatic imine (C=N–C) groups is 1. The third-order valence-electron chi connectivity index (χ3n) is 4.68. The number of halogens is 2. The summed E-state index contributed by atoms with van der Waals surface area (Å²) in [4.78, 5) is 36.9. The Morgan fingerprint density at radius 1 is 1.28 bits per heavy atom. The number of aromatic hydroxyl groups is 1. The van der Waals surface area contributed by atoms with Gasteiger partial charge in [0.15, 0.2) is 5.96 Å². The van der Waals surface area contributed by atoms with Crippen molar-refractivity contribution in [3.05, 3.63) is 57.0 Å². The standard InChI is InChI=1S/C13H18N4O3.C10H9BrClNO3/c1-2-14-12(20)8-3-9(5-10(18)4-8)17-13-15-6-11(19)7-16-13;11-7-1-6(2-8(12)3-7)9(13-5-14)4-10(15)16/h3-5,11,18-19H,2,6-7H2,1H3,(H,14,20)(H2,15,16,17);1-3,5,9H,4H2,(H,13,14)(H,15,16). The number of carbonyl (C=O) groups is 3. The molecule has 36 heavy (non-hydrogen) atoms. The van der Waals surface area contributed by atoms with Crippen molar-refractivity contribution < 1.29 is 29.7 Å². The van der Waals surface area contributed by atoms with Gasteiger partial charge in [0, 0.05) is 39.9 Å². The van der Waals surface area contributed by atoms with Crippen molar-refractivity contribution >= 4 is 57.5 Å². The minimum Gasteiger partial charge on any atom is -0.508 e. The Morgan fingerprint density at radius 2 is 2.03 bits per heavy atom. The monoisotopic (exact) mass is 583 g/mol. The zero-order chi connectivity index (χ0) is 26.7. The van der Waals surface area contributed by atoms with Crippen molar-refractivity contribution in [1.82, 2.24) is 16.0 Å². The lowest BCUT2D eigenvalue weighted by Gasteiger charge is -2.20. The number of benzene rings is 2. The van der Waals surface area contributed by atoms with E-state index in [9.17, 15) is 24.6 Å². The number of guanidine groups is 1. The van der Waals surface area contributed by atoms with Gasteiger partial charge in [-0.1, -0.05) is 27.5 Å². The quantitative estimate of drug-likeness (QED) is 0.231. The van der Waals surface area contributed by atoms with Crippen molar-refractivity contribution in [3.8, 4) is 5.75 Å². The number of carboxylic acid groups (broad SMARTS) is 1. The van der Waals surface area contributed by atoms with Gasteiger partial charge in [0.25, 0.3) is 5.91 Å². The van der Waals surface area contributed by atoms with Gasteiger partial charge in [-0.05, 0) is 42.8 Å². The molecule has 2 atom stereocenters. The lowest BCUT2D eigenvalue weighted by molar-refractivity contribution is -0.137. The summed E-state index contributed by atoms with van der Waals surface area (Å²) in [7, 11) is 0. The van der Waals surface area contributed by atoms with Gasteiger partial charge in [0.1, 0.15) is 5.75 Å². The van der Waals surface area contributed by atoms with E-state index in [0.717, 1.165) is 4.47 Å². The number of carboxylic acids is 1. The topological polar surface area (TPSA) is 172 Å². The van der Waals surface area contributed by atoms with Crippen molar-refractivity contribution in [2.75, 3.05) is 25.0 Å². The maximum Gasteiger partial charge on any atom is 0.305 e. The summed E-state index contributed by atoms with van der Waals surface area (Å²) in [5.41, 5.74) is 1.56. The number of aliphatic hydroxyl groups is 1. The summed E-state index contributed by atoms with van der Waals surface area (Å²) in [6.07, 6.45) is -0.205. The van der Waals surface area contributed by atoms with Crippen LogP contribution in [-0.4, -0.2) is 65.3 Å². The van der Waals surface area contributed by atoms with E-state index in [1.54, 1.807) is 24.3 Å². The van der Waals surface area contributed by atoms with Crippen LogP contribution in [0.1, 0.15) is 35.3 Å². The zero-order valence-electron chi connectivity index (χ0n) is 19.3. The lowest BCUT2D eigenvalue weighted by Crippen LogP contribution is -2.42. The average Bonchev–Trinajstić information content (AvgIpc) is 2.80. The summed E-state index contributed by atoms with van der Waals surface area (Å²) < 4.78 is 0.734. The highest BCUT2D eigenvalue weighted by Crippen LogP contribution is 2.25. The van der Waals surface area contributed by atoms with Crippen molar-refractivity contribution in [1.29, 1.82) is 0 Å². The number of rotatable bonds is 8. The minimum absolute atomic E-state index is 0.00676. The first-order valence-corrected chi connectivity index (χ1v) is 12.0. The van der Waals surface area contributed by atoms with Crippen molar-refractivity contribution in [3.63, 3.8) is 0 Å². The van der Waals surface area contributed by atoms with Crippen LogP contribution in [0.25, 0.3) is 0 Å². The molecule has 0 saturated heterocycles. The van der Waals surface area contributed by atoms with E-state index in [2.05, 4.69) is 42.2 Å². The molecule has 194 valence electrons. The Bertz CT molecular complexity index is 1100. The fourth-order valence-electron chi connectivity index (χ4n) is 3.14. The van der Waals surface area contributed by atoms with Gasteiger partial charge in [0.2, 0.25) is 6.41 Å². The lowest BCUT2D eigenvalue weighted by atomic mass is 10.0. The normalized spacial score (nSPS) is 15.2. The smallest absolute Gasteiger partial charge is 0.305 e. The summed E-state index contributed by atoms with van der Waals surface area (Å²) in [6, 6.07) is 8.97. The fraction of sp³-hybridized carbons (Fsp3) is 0.304. The molecule has 0 bridgehead atoms. The number of amides is 2. The summed E-state index contributed by atoms with van der Waals surface area (Å²) in [6.45, 7) is 3.07. The molecule has 0 spiro atoms. The predicted molar refractivity (Wildman–Crippen MR) is 139 cm³/mol. The second-order valence-electron chi connectivity index (χ2n) is 7.61. The number of aliphatic carboxylic acids is 1. The van der Waals surface area contributed by atoms with Gasteiger partial charge in [-0.25, -0.2) is 0 Å². The zero-order valence-corrected chi connectivity index (χ0v) is 21.6. The molecule has 2 aromatic carbocycles. The second kappa shape index (κ2) is 14.3. The molecule has 0 radical (unpaired) electrons. The van der Waals surface area contributed by atoms with Crippen LogP contribution in [0.3, 0.4) is 0 Å². The van der Waals surface area contributed by atoms with Crippen LogP contribution in [-0.2, 0) is 9.59 Å². The SMILES string of the molecule is CCNC(=O)c1cc(O)cc(NC2=NCC(O)CN2)c1.O=CNC(CC(=O)O)c1cc(Cl)cc(Br)c1. The van der Waals surface area contributed by atoms with E-state index in [1.165, 1.54) is 12.1 Å². The number of aliphatic hydroxyl groups excluding tert-OH is 1. The predicted octanol–water partition coefficient (Wildman–Crippen LogP) is 2.24. The largest absolute Gasteiger partial charge is 0.508 e. The highest BCUT2D eigenvalue weighted by molar-refractivity contribution is 9.10. The van der Waals surface area contributed by atoms with Gasteiger partial charge in [0.05, 0.1) is 25.1 Å². The van der Waals surface area contributed by atoms with Gasteiger partial charge < -0.3 is 36.6 Å². The van der Waals surface area contributed by atoms with Gasteiger partial charge in [-0.15, -0.1) is 0 Å². The highest BCUT2D eigenvalue weighted by atomic mass is 79.9. The van der Waals surface area contributed by atoms with Crippen LogP contribution in [0.4, 0.5) is 5.69 Å². The molecule has 2 aromatic rings. The molecule has 0 aromatic heterocycles. The third-order valence-corrected chi connectivity index (χ3v) is 5.36. The minimum atomic E-state index is -0.990. The van der Waals surface area contributed by atoms with Crippen molar-refractivity contribution in [2.45, 2.75) is 25.5 Å². The molecule has 0 saturated carbocycles. The van der Waals surface area contributed by atoms with E-state index >= 15 is 0 Å². The van der Waals surface area contributed by atoms with Gasteiger partial charge >= 0.3 is 5.97 Å².